The molecule has 0 saturated heterocycles. The van der Waals surface area contributed by atoms with Crippen molar-refractivity contribution in [1.29, 1.82) is 0 Å². The zero-order valence-electron chi connectivity index (χ0n) is 31.6. The molecule has 0 bridgehead atoms. The first-order valence-electron chi connectivity index (χ1n) is 15.9. The predicted octanol–water partition coefficient (Wildman–Crippen LogP) is 4.84. The lowest BCUT2D eigenvalue weighted by Gasteiger charge is -2.52. The molecule has 0 radical (unpaired) electrons. The quantitative estimate of drug-likeness (QED) is 0.180. The SMILES string of the molecule is Cc1cc(C(C)(C)C)c(C(O)(c2c(C(C)(C)C)cc(C)cc2C(C)(C)C)C(CO)(CO)CO)c(C(C)(C)C)c1.O=P(O)(O)O.O=P(O)(O)O. The number of aryl methyl sites for hydroxylation is 2. The van der Waals surface area contributed by atoms with E-state index in [4.69, 9.17) is 38.5 Å². The Kier molecular flexibility index (Phi) is 15.5. The molecule has 0 heterocycles. The first kappa shape index (κ1) is 47.5. The van der Waals surface area contributed by atoms with Gasteiger partial charge in [-0.2, -0.15) is 0 Å². The number of rotatable bonds is 6. The van der Waals surface area contributed by atoms with Crippen molar-refractivity contribution in [2.45, 2.75) is 124 Å². The summed E-state index contributed by atoms with van der Waals surface area (Å²) in [5, 5.41) is 46.9. The molecule has 14 heteroatoms. The van der Waals surface area contributed by atoms with Crippen molar-refractivity contribution in [2.75, 3.05) is 19.8 Å². The summed E-state index contributed by atoms with van der Waals surface area (Å²) in [6.07, 6.45) is 0. The van der Waals surface area contributed by atoms with Crippen molar-refractivity contribution in [2.24, 2.45) is 5.41 Å². The Morgan fingerprint density at radius 1 is 0.469 bits per heavy atom. The fraction of sp³-hybridized carbons (Fsp3) is 0.657. The minimum atomic E-state index is -4.64. The van der Waals surface area contributed by atoms with E-state index in [9.17, 15) is 20.4 Å². The van der Waals surface area contributed by atoms with Crippen LogP contribution in [0.2, 0.25) is 0 Å². The Morgan fingerprint density at radius 2 is 0.633 bits per heavy atom. The minimum absolute atomic E-state index is 0.379. The molecule has 0 spiro atoms. The summed E-state index contributed by atoms with van der Waals surface area (Å²) in [5.41, 5.74) is 2.15. The van der Waals surface area contributed by atoms with E-state index in [0.29, 0.717) is 11.1 Å². The second-order valence-corrected chi connectivity index (χ2v) is 19.0. The number of hydrogen-bond acceptors (Lipinski definition) is 6. The van der Waals surface area contributed by atoms with Crippen LogP contribution in [0.25, 0.3) is 0 Å². The van der Waals surface area contributed by atoms with Crippen LogP contribution in [0.1, 0.15) is 128 Å². The maximum Gasteiger partial charge on any atom is 0.466 e. The molecule has 2 rings (SSSR count). The lowest BCUT2D eigenvalue weighted by molar-refractivity contribution is -0.138. The van der Waals surface area contributed by atoms with Crippen LogP contribution in [-0.4, -0.2) is 69.6 Å². The van der Waals surface area contributed by atoms with Gasteiger partial charge in [0.25, 0.3) is 0 Å². The summed E-state index contributed by atoms with van der Waals surface area (Å²) in [6, 6.07) is 8.48. The molecule has 284 valence electrons. The number of phosphoric acid groups is 2. The van der Waals surface area contributed by atoms with Crippen LogP contribution in [0.4, 0.5) is 0 Å². The smallest absolute Gasteiger partial charge is 0.395 e. The molecule has 0 unspecified atom stereocenters. The van der Waals surface area contributed by atoms with E-state index in [1.165, 1.54) is 0 Å². The Hall–Kier alpha value is -1.50. The van der Waals surface area contributed by atoms with E-state index in [1.54, 1.807) is 0 Å². The third-order valence-electron chi connectivity index (χ3n) is 8.20. The normalized spacial score (nSPS) is 13.7. The van der Waals surface area contributed by atoms with Gasteiger partial charge in [0.05, 0.1) is 25.2 Å². The maximum atomic E-state index is 13.7. The van der Waals surface area contributed by atoms with E-state index in [0.717, 1.165) is 33.4 Å². The number of hydrogen-bond donors (Lipinski definition) is 10. The summed E-state index contributed by atoms with van der Waals surface area (Å²) in [5.74, 6) is 0. The van der Waals surface area contributed by atoms with Crippen molar-refractivity contribution in [3.63, 3.8) is 0 Å². The summed E-state index contributed by atoms with van der Waals surface area (Å²) in [4.78, 5) is 43.1. The van der Waals surface area contributed by atoms with E-state index in [1.807, 2.05) is 0 Å². The highest BCUT2D eigenvalue weighted by Crippen LogP contribution is 2.55. The van der Waals surface area contributed by atoms with Crippen molar-refractivity contribution in [3.8, 4) is 0 Å². The van der Waals surface area contributed by atoms with E-state index >= 15 is 0 Å². The van der Waals surface area contributed by atoms with Crippen molar-refractivity contribution < 1.29 is 58.9 Å². The molecule has 0 aliphatic carbocycles. The summed E-state index contributed by atoms with van der Waals surface area (Å²) < 4.78 is 17.8. The number of benzene rings is 2. The van der Waals surface area contributed by atoms with Gasteiger partial charge >= 0.3 is 15.6 Å². The molecule has 0 saturated carbocycles. The second kappa shape index (κ2) is 16.0. The largest absolute Gasteiger partial charge is 0.466 e. The van der Waals surface area contributed by atoms with Gasteiger partial charge in [0.2, 0.25) is 0 Å². The van der Waals surface area contributed by atoms with Gasteiger partial charge < -0.3 is 49.8 Å². The standard InChI is InChI=1S/C35H56O4.2H3O4P/c1-22-15-24(30(3,4)5)28(25(16-22)31(6,7)8)35(39,34(19-36,20-37)21-38)29-26(32(9,10)11)17-23(2)18-27(29)33(12,13)14;2*1-5(2,3)4/h15-18,36-39H,19-21H2,1-14H3;2*(H3,1,2,3,4). The fourth-order valence-corrected chi connectivity index (χ4v) is 5.87. The Balaban J connectivity index is 0.00000201. The lowest BCUT2D eigenvalue weighted by Crippen LogP contribution is -2.57. The average molecular weight is 737 g/mol. The highest BCUT2D eigenvalue weighted by atomic mass is 31.2. The molecule has 0 aromatic heterocycles. The third kappa shape index (κ3) is 12.9. The van der Waals surface area contributed by atoms with Gasteiger partial charge in [0, 0.05) is 0 Å². The van der Waals surface area contributed by atoms with Crippen LogP contribution in [0.3, 0.4) is 0 Å². The minimum Gasteiger partial charge on any atom is -0.395 e. The Morgan fingerprint density at radius 3 is 0.755 bits per heavy atom. The van der Waals surface area contributed by atoms with Crippen LogP contribution in [0, 0.1) is 19.3 Å². The highest BCUT2D eigenvalue weighted by molar-refractivity contribution is 7.45. The first-order valence-corrected chi connectivity index (χ1v) is 19.0. The second-order valence-electron chi connectivity index (χ2n) is 17.0. The summed E-state index contributed by atoms with van der Waals surface area (Å²) in [7, 11) is -9.28. The number of aliphatic hydroxyl groups excluding tert-OH is 3. The van der Waals surface area contributed by atoms with Gasteiger partial charge in [-0.05, 0) is 68.9 Å². The summed E-state index contributed by atoms with van der Waals surface area (Å²) in [6.45, 7) is 27.9. The van der Waals surface area contributed by atoms with Gasteiger partial charge in [-0.15, -0.1) is 0 Å². The van der Waals surface area contributed by atoms with Crippen LogP contribution in [-0.2, 0) is 36.4 Å². The zero-order chi connectivity index (χ0) is 39.6. The fourth-order valence-electron chi connectivity index (χ4n) is 5.87. The summed E-state index contributed by atoms with van der Waals surface area (Å²) >= 11 is 0. The van der Waals surface area contributed by atoms with Gasteiger partial charge in [0.1, 0.15) is 5.60 Å². The molecule has 49 heavy (non-hydrogen) atoms. The van der Waals surface area contributed by atoms with Gasteiger partial charge in [-0.1, -0.05) is 118 Å². The Bertz CT molecular complexity index is 1310. The molecule has 2 aromatic carbocycles. The molecule has 0 fully saturated rings. The molecule has 12 nitrogen and oxygen atoms in total. The molecular weight excluding hydrogens is 674 g/mol. The molecular formula is C35H62O12P2. The van der Waals surface area contributed by atoms with Crippen LogP contribution < -0.4 is 0 Å². The third-order valence-corrected chi connectivity index (χ3v) is 8.20. The van der Waals surface area contributed by atoms with E-state index in [2.05, 4.69) is 121 Å². The van der Waals surface area contributed by atoms with Crippen LogP contribution in [0.15, 0.2) is 24.3 Å². The lowest BCUT2D eigenvalue weighted by atomic mass is 9.56. The van der Waals surface area contributed by atoms with Crippen LogP contribution in [0.5, 0.6) is 0 Å². The molecule has 0 atom stereocenters. The molecule has 10 N–H and O–H groups in total. The van der Waals surface area contributed by atoms with Crippen molar-refractivity contribution in [1.82, 2.24) is 0 Å². The zero-order valence-corrected chi connectivity index (χ0v) is 33.4. The highest BCUT2D eigenvalue weighted by Gasteiger charge is 2.57. The van der Waals surface area contributed by atoms with Crippen molar-refractivity contribution >= 4 is 15.6 Å². The molecule has 0 aliphatic rings. The Labute approximate surface area is 292 Å². The predicted molar refractivity (Wildman–Crippen MR) is 192 cm³/mol. The number of aliphatic hydroxyl groups is 4. The van der Waals surface area contributed by atoms with Crippen molar-refractivity contribution in [3.05, 3.63) is 68.8 Å². The van der Waals surface area contributed by atoms with Gasteiger partial charge in [-0.25, -0.2) is 9.13 Å². The van der Waals surface area contributed by atoms with Gasteiger partial charge in [0.15, 0.2) is 0 Å². The average Bonchev–Trinajstić information content (AvgIpc) is 2.84. The van der Waals surface area contributed by atoms with Gasteiger partial charge in [-0.3, -0.25) is 0 Å². The molecule has 0 amide bonds. The molecule has 0 aliphatic heterocycles. The monoisotopic (exact) mass is 736 g/mol. The van der Waals surface area contributed by atoms with Crippen LogP contribution >= 0.6 is 15.6 Å². The van der Waals surface area contributed by atoms with E-state index in [-0.39, 0.29) is 21.7 Å². The topological polar surface area (TPSA) is 236 Å². The molecule has 2 aromatic rings. The maximum absolute atomic E-state index is 13.7. The van der Waals surface area contributed by atoms with E-state index < -0.39 is 46.5 Å². The first-order chi connectivity index (χ1) is 21.4.